The van der Waals surface area contributed by atoms with Crippen molar-refractivity contribution in [3.63, 3.8) is 0 Å². The van der Waals surface area contributed by atoms with Gasteiger partial charge in [0.2, 0.25) is 35.7 Å². The van der Waals surface area contributed by atoms with Gasteiger partial charge in [-0.2, -0.15) is 55.2 Å². The Bertz CT molecular complexity index is 4090. The van der Waals surface area contributed by atoms with Gasteiger partial charge in [0.1, 0.15) is 37.0 Å². The van der Waals surface area contributed by atoms with Gasteiger partial charge in [0, 0.05) is 25.3 Å². The molecule has 34 heteroatoms. The van der Waals surface area contributed by atoms with E-state index >= 15 is 0 Å². The maximum absolute atomic E-state index is 13.3. The molecule has 9 rings (SSSR count). The predicted octanol–water partition coefficient (Wildman–Crippen LogP) is 5.50. The van der Waals surface area contributed by atoms with Crippen LogP contribution in [-0.4, -0.2) is 123 Å². The second-order valence-corrected chi connectivity index (χ2v) is 21.1. The number of hydrogen-bond donors (Lipinski definition) is 11. The first-order chi connectivity index (χ1) is 37.0. The highest BCUT2D eigenvalue weighted by Gasteiger charge is 2.35. The van der Waals surface area contributed by atoms with Gasteiger partial charge in [-0.05, 0) is 61.0 Å². The topological polar surface area (TPSA) is 425 Å². The van der Waals surface area contributed by atoms with Gasteiger partial charge in [0.15, 0.2) is 32.8 Å². The fourth-order valence-electron chi connectivity index (χ4n) is 7.63. The van der Waals surface area contributed by atoms with Crippen LogP contribution in [0.5, 0.6) is 23.0 Å². The van der Waals surface area contributed by atoms with E-state index in [1.165, 1.54) is 59.5 Å². The average molecular weight is 1170 g/mol. The molecule has 11 N–H and O–H groups in total. The summed E-state index contributed by atoms with van der Waals surface area (Å²) >= 11 is 13.8. The molecule has 0 spiro atoms. The number of carboxylic acid groups (broad SMARTS) is 1. The van der Waals surface area contributed by atoms with Crippen LogP contribution >= 0.6 is 23.2 Å². The van der Waals surface area contributed by atoms with Gasteiger partial charge in [-0.25, -0.2) is 14.8 Å². The second kappa shape index (κ2) is 21.7. The lowest BCUT2D eigenvalue weighted by atomic mass is 10.2. The van der Waals surface area contributed by atoms with Gasteiger partial charge in [-0.3, -0.25) is 13.7 Å². The average Bonchev–Trinajstić information content (AvgIpc) is 3.38. The molecular weight excluding hydrogens is 1130 g/mol. The Hall–Kier alpha value is -8.18. The summed E-state index contributed by atoms with van der Waals surface area (Å²) in [6.07, 6.45) is 0.651. The van der Waals surface area contributed by atoms with E-state index in [-0.39, 0.29) is 87.5 Å². The summed E-state index contributed by atoms with van der Waals surface area (Å²) in [5, 5.41) is 41.6. The fourth-order valence-corrected chi connectivity index (χ4v) is 10.3. The van der Waals surface area contributed by atoms with Crippen LogP contribution in [0.3, 0.4) is 0 Å². The molecule has 0 amide bonds. The minimum absolute atomic E-state index is 0.0255. The zero-order chi connectivity index (χ0) is 55.8. The number of rotatable bonds is 20. The molecule has 0 saturated heterocycles. The second-order valence-electron chi connectivity index (χ2n) is 16.2. The molecule has 406 valence electrons. The number of aromatic carboxylic acids is 1. The lowest BCUT2D eigenvalue weighted by Crippen LogP contribution is -2.31. The SMILES string of the molecule is CCCNc1nc(Nc2cccc(C(=O)O)c2)nc(Nc2ccc3c(c2S(=O)(=O)O)Oc2c(Cl)c4c(c(Cl)c2=N3)Oc2c(ccc(Nc3nc(Nc5ccccc5S(=O)(=O)O)nc(N(CCO)CCO)n3)c2S(=O)(=O)O)N=4)n1. The highest BCUT2D eigenvalue weighted by molar-refractivity contribution is 7.86. The van der Waals surface area contributed by atoms with Crippen LogP contribution in [0.25, 0.3) is 0 Å². The summed E-state index contributed by atoms with van der Waals surface area (Å²) < 4.78 is 121. The fraction of sp³-hybridized carbons (Fsp3) is 0.159. The van der Waals surface area contributed by atoms with E-state index in [1.807, 2.05) is 6.92 Å². The Morgan fingerprint density at radius 1 is 0.590 bits per heavy atom. The Labute approximate surface area is 450 Å². The van der Waals surface area contributed by atoms with Crippen molar-refractivity contribution in [3.8, 4) is 23.0 Å². The molecule has 29 nitrogen and oxygen atoms in total. The Morgan fingerprint density at radius 3 is 1.56 bits per heavy atom. The third-order valence-electron chi connectivity index (χ3n) is 10.9. The largest absolute Gasteiger partial charge is 0.478 e. The number of nitrogens with one attached hydrogen (secondary N) is 5. The number of nitrogens with zero attached hydrogens (tertiary/aromatic N) is 9. The zero-order valence-corrected chi connectivity index (χ0v) is 43.5. The first-order valence-electron chi connectivity index (χ1n) is 22.4. The van der Waals surface area contributed by atoms with Crippen molar-refractivity contribution in [2.24, 2.45) is 9.98 Å². The third kappa shape index (κ3) is 11.4. The van der Waals surface area contributed by atoms with Crippen molar-refractivity contribution < 1.29 is 68.5 Å². The predicted molar refractivity (Wildman–Crippen MR) is 278 cm³/mol. The number of benzene rings is 5. The van der Waals surface area contributed by atoms with Crippen LogP contribution in [0.4, 0.5) is 69.8 Å². The van der Waals surface area contributed by atoms with Gasteiger partial charge < -0.3 is 56.3 Å². The first kappa shape index (κ1) is 54.6. The number of carboxylic acids is 1. The standard InChI is InChI=1S/C44H38Cl2N14O15S3/c1-2-14-47-39-54-40(48-21-7-5-6-20(19-21)38(63)64)56-41(55-39)52-25-12-10-23-32(36(25)77(68,69)70)74-34-28(45)31-35(29(46)30(34)49-23)75-33-24(50-31)11-13-26(37(33)78(71,72)73)53-43-57-42(58-44(59-43)60(15-17-61)16-18-62)51-22-8-3-4-9-27(22)76(65,66)67/h3-13,19,61-62H,2,14-18H2,1H3,(H,63,64)(H,65,66,67)(H,68,69,70)(H,71,72,73)(H2,51,53,57,58,59)(H3,47,48,52,54,55,56). The number of aromatic nitrogens is 6. The molecule has 2 aliphatic heterocycles. The number of hydrogen-bond acceptors (Lipinski definition) is 25. The summed E-state index contributed by atoms with van der Waals surface area (Å²) in [5.74, 6) is -4.58. The number of ether oxygens (including phenoxy) is 2. The lowest BCUT2D eigenvalue weighted by molar-refractivity contribution is 0.0696. The molecule has 0 atom stereocenters. The first-order valence-corrected chi connectivity index (χ1v) is 27.5. The van der Waals surface area contributed by atoms with Gasteiger partial charge in [-0.15, -0.1) is 0 Å². The van der Waals surface area contributed by atoms with Crippen LogP contribution in [0.1, 0.15) is 23.7 Å². The molecule has 0 bridgehead atoms. The molecule has 5 aromatic carbocycles. The highest BCUT2D eigenvalue weighted by atomic mass is 35.5. The summed E-state index contributed by atoms with van der Waals surface area (Å²) in [7, 11) is -15.4. The monoisotopic (exact) mass is 1170 g/mol. The van der Waals surface area contributed by atoms with Gasteiger partial charge in [0.05, 0.1) is 35.8 Å². The third-order valence-corrected chi connectivity index (χ3v) is 14.4. The number of fused-ring (bicyclic) bond motifs is 4. The van der Waals surface area contributed by atoms with E-state index < -0.39 is 109 Å². The summed E-state index contributed by atoms with van der Waals surface area (Å²) in [6.45, 7) is 1.11. The Balaban J connectivity index is 1.09. The number of para-hydroxylation sites is 1. The summed E-state index contributed by atoms with van der Waals surface area (Å²) in [5.41, 5.74) is -1.23. The van der Waals surface area contributed by atoms with E-state index in [2.05, 4.69) is 66.5 Å². The van der Waals surface area contributed by atoms with Crippen LogP contribution < -0.4 is 51.7 Å². The van der Waals surface area contributed by atoms with Crippen LogP contribution in [0.15, 0.2) is 97.5 Å². The van der Waals surface area contributed by atoms with Crippen molar-refractivity contribution in [1.82, 2.24) is 29.9 Å². The minimum Gasteiger partial charge on any atom is -0.478 e. The van der Waals surface area contributed by atoms with Crippen molar-refractivity contribution in [2.75, 3.05) is 64.3 Å². The van der Waals surface area contributed by atoms with Crippen molar-refractivity contribution >= 4 is 129 Å². The van der Waals surface area contributed by atoms with E-state index in [4.69, 9.17) is 32.7 Å². The van der Waals surface area contributed by atoms with Crippen LogP contribution in [-0.2, 0) is 30.4 Å². The van der Waals surface area contributed by atoms with Crippen LogP contribution in [0.2, 0.25) is 10.0 Å². The van der Waals surface area contributed by atoms with E-state index in [9.17, 15) is 59.0 Å². The summed E-state index contributed by atoms with van der Waals surface area (Å²) in [6, 6.07) is 15.7. The molecule has 2 aromatic heterocycles. The van der Waals surface area contributed by atoms with E-state index in [0.717, 1.165) is 12.1 Å². The molecule has 78 heavy (non-hydrogen) atoms. The van der Waals surface area contributed by atoms with Crippen molar-refractivity contribution in [1.29, 1.82) is 0 Å². The number of anilines is 10. The number of aliphatic hydroxyl groups is 2. The molecule has 4 heterocycles. The normalized spacial score (nSPS) is 12.5. The molecular formula is C44H38Cl2N14O15S3. The molecule has 0 unspecified atom stereocenters. The minimum atomic E-state index is -5.33. The number of carbonyl (C=O) groups is 1. The summed E-state index contributed by atoms with van der Waals surface area (Å²) in [4.78, 5) is 45.2. The smallest absolute Gasteiger partial charge is 0.335 e. The van der Waals surface area contributed by atoms with E-state index in [0.29, 0.717) is 13.0 Å². The molecule has 0 aliphatic carbocycles. The maximum Gasteiger partial charge on any atom is 0.335 e. The van der Waals surface area contributed by atoms with Gasteiger partial charge in [0.25, 0.3) is 30.4 Å². The molecule has 0 radical (unpaired) electrons. The van der Waals surface area contributed by atoms with Crippen molar-refractivity contribution in [2.45, 2.75) is 28.0 Å². The lowest BCUT2D eigenvalue weighted by Gasteiger charge is -2.24. The highest BCUT2D eigenvalue weighted by Crippen LogP contribution is 2.49. The number of halogens is 2. The van der Waals surface area contributed by atoms with Crippen molar-refractivity contribution in [3.05, 3.63) is 99.1 Å². The molecule has 0 fully saturated rings. The van der Waals surface area contributed by atoms with Crippen LogP contribution in [0, 0.1) is 0 Å². The van der Waals surface area contributed by atoms with Gasteiger partial charge in [-0.1, -0.05) is 48.3 Å². The Morgan fingerprint density at radius 2 is 1.08 bits per heavy atom. The maximum atomic E-state index is 13.3. The zero-order valence-electron chi connectivity index (χ0n) is 39.5. The number of aliphatic hydroxyl groups excluding tert-OH is 2. The molecule has 0 saturated carbocycles. The Kier molecular flexibility index (Phi) is 15.2. The van der Waals surface area contributed by atoms with E-state index in [1.54, 1.807) is 6.07 Å². The molecule has 2 aliphatic rings. The van der Waals surface area contributed by atoms with Gasteiger partial charge >= 0.3 is 5.97 Å². The quantitative estimate of drug-likeness (QED) is 0.0419. The molecule has 7 aromatic rings.